The summed E-state index contributed by atoms with van der Waals surface area (Å²) in [6.07, 6.45) is 0. The summed E-state index contributed by atoms with van der Waals surface area (Å²) in [4.78, 5) is 0. The molecule has 0 bridgehead atoms. The minimum Gasteiger partial charge on any atom is -0.394 e. The maximum Gasteiger partial charge on any atom is 0.0800 e. The number of aliphatic hydroxyl groups is 1. The molecule has 0 fully saturated rings. The highest BCUT2D eigenvalue weighted by Crippen LogP contribution is 2.15. The maximum atomic E-state index is 8.81. The number of hydrogen-bond acceptors (Lipinski definition) is 3. The first kappa shape index (κ1) is 9.67. The van der Waals surface area contributed by atoms with Gasteiger partial charge in [0.25, 0.3) is 0 Å². The van der Waals surface area contributed by atoms with E-state index in [1.165, 1.54) is 0 Å². The Labute approximate surface area is 79.1 Å². The summed E-state index contributed by atoms with van der Waals surface area (Å²) in [7, 11) is 0. The predicted molar refractivity (Wildman–Crippen MR) is 48.9 cm³/mol. The molecule has 1 aromatic carbocycles. The van der Waals surface area contributed by atoms with E-state index in [2.05, 4.69) is 15.9 Å². The van der Waals surface area contributed by atoms with Crippen molar-refractivity contribution in [3.63, 3.8) is 0 Å². The Balaban J connectivity index is 2.80. The van der Waals surface area contributed by atoms with Gasteiger partial charge in [-0.15, -0.1) is 0 Å². The Hall–Kier alpha value is -0.420. The third-order valence-electron chi connectivity index (χ3n) is 1.61. The fourth-order valence-corrected chi connectivity index (χ4v) is 1.18. The zero-order valence-electron chi connectivity index (χ0n) is 6.37. The Kier molecular flexibility index (Phi) is 3.68. The van der Waals surface area contributed by atoms with Gasteiger partial charge in [-0.2, -0.15) is 5.48 Å². The highest BCUT2D eigenvalue weighted by Gasteiger charge is 2.07. The molecule has 66 valence electrons. The molecule has 1 atom stereocenters. The number of rotatable bonds is 3. The molecule has 0 radical (unpaired) electrons. The summed E-state index contributed by atoms with van der Waals surface area (Å²) < 4.78 is 0.973. The van der Waals surface area contributed by atoms with Crippen molar-refractivity contribution in [2.24, 2.45) is 0 Å². The van der Waals surface area contributed by atoms with E-state index in [4.69, 9.17) is 10.3 Å². The van der Waals surface area contributed by atoms with Crippen LogP contribution < -0.4 is 5.48 Å². The van der Waals surface area contributed by atoms with Gasteiger partial charge in [0.1, 0.15) is 0 Å². The molecule has 0 saturated carbocycles. The van der Waals surface area contributed by atoms with Gasteiger partial charge in [-0.3, -0.25) is 0 Å². The molecule has 0 amide bonds. The van der Waals surface area contributed by atoms with Crippen LogP contribution in [-0.2, 0) is 0 Å². The molecule has 1 aromatic rings. The van der Waals surface area contributed by atoms with Gasteiger partial charge < -0.3 is 10.3 Å². The quantitative estimate of drug-likeness (QED) is 0.691. The summed E-state index contributed by atoms with van der Waals surface area (Å²) in [5.41, 5.74) is 2.87. The van der Waals surface area contributed by atoms with Crippen molar-refractivity contribution in [2.45, 2.75) is 6.04 Å². The molecular formula is C8H10BrNO2. The van der Waals surface area contributed by atoms with Crippen molar-refractivity contribution >= 4 is 15.9 Å². The predicted octanol–water partition coefficient (Wildman–Crippen LogP) is 1.46. The second-order valence-electron chi connectivity index (χ2n) is 2.42. The normalized spacial score (nSPS) is 12.9. The van der Waals surface area contributed by atoms with Crippen LogP contribution in [0, 0.1) is 0 Å². The molecule has 3 nitrogen and oxygen atoms in total. The van der Waals surface area contributed by atoms with Crippen LogP contribution in [0.1, 0.15) is 11.6 Å². The van der Waals surface area contributed by atoms with Crippen LogP contribution in [0.15, 0.2) is 28.7 Å². The highest BCUT2D eigenvalue weighted by molar-refractivity contribution is 9.10. The molecule has 0 heterocycles. The lowest BCUT2D eigenvalue weighted by molar-refractivity contribution is 0.0906. The first-order valence-electron chi connectivity index (χ1n) is 3.54. The second-order valence-corrected chi connectivity index (χ2v) is 3.33. The lowest BCUT2D eigenvalue weighted by atomic mass is 10.1. The van der Waals surface area contributed by atoms with E-state index in [1.807, 2.05) is 29.7 Å². The summed E-state index contributed by atoms with van der Waals surface area (Å²) in [6, 6.07) is 6.96. The van der Waals surface area contributed by atoms with Gasteiger partial charge in [0.05, 0.1) is 12.6 Å². The van der Waals surface area contributed by atoms with Crippen molar-refractivity contribution < 1.29 is 10.3 Å². The van der Waals surface area contributed by atoms with Crippen molar-refractivity contribution in [1.82, 2.24) is 5.48 Å². The molecule has 0 aliphatic rings. The van der Waals surface area contributed by atoms with Crippen LogP contribution in [0.2, 0.25) is 0 Å². The minimum atomic E-state index is -0.405. The molecule has 0 spiro atoms. The van der Waals surface area contributed by atoms with E-state index >= 15 is 0 Å². The number of hydrogen-bond donors (Lipinski definition) is 3. The zero-order chi connectivity index (χ0) is 8.97. The number of nitrogens with one attached hydrogen (secondary N) is 1. The van der Waals surface area contributed by atoms with E-state index in [9.17, 15) is 0 Å². The van der Waals surface area contributed by atoms with Crippen LogP contribution in [0.25, 0.3) is 0 Å². The molecule has 0 aliphatic heterocycles. The SMILES string of the molecule is OC[C@H](NO)c1ccc(Br)cc1. The van der Waals surface area contributed by atoms with Gasteiger partial charge in [-0.25, -0.2) is 0 Å². The topological polar surface area (TPSA) is 52.5 Å². The number of halogens is 1. The largest absolute Gasteiger partial charge is 0.394 e. The molecular weight excluding hydrogens is 222 g/mol. The number of benzene rings is 1. The Morgan fingerprint density at radius 2 is 1.92 bits per heavy atom. The van der Waals surface area contributed by atoms with E-state index < -0.39 is 6.04 Å². The molecule has 0 aromatic heterocycles. The minimum absolute atomic E-state index is 0.127. The Bertz CT molecular complexity index is 233. The van der Waals surface area contributed by atoms with Crippen molar-refractivity contribution in [3.8, 4) is 0 Å². The van der Waals surface area contributed by atoms with Crippen molar-refractivity contribution in [2.75, 3.05) is 6.61 Å². The summed E-state index contributed by atoms with van der Waals surface area (Å²) in [5.74, 6) is 0. The maximum absolute atomic E-state index is 8.81. The standard InChI is InChI=1S/C8H10BrNO2/c9-7-3-1-6(2-4-7)8(5-11)10-12/h1-4,8,10-12H,5H2/t8-/m0/s1. The van der Waals surface area contributed by atoms with Crippen molar-refractivity contribution in [3.05, 3.63) is 34.3 Å². The zero-order valence-corrected chi connectivity index (χ0v) is 7.95. The van der Waals surface area contributed by atoms with Crippen LogP contribution in [0.3, 0.4) is 0 Å². The lowest BCUT2D eigenvalue weighted by Crippen LogP contribution is -2.20. The van der Waals surface area contributed by atoms with Crippen LogP contribution >= 0.6 is 15.9 Å². The van der Waals surface area contributed by atoms with E-state index in [1.54, 1.807) is 0 Å². The van der Waals surface area contributed by atoms with E-state index in [0.29, 0.717) is 0 Å². The van der Waals surface area contributed by atoms with Gasteiger partial charge >= 0.3 is 0 Å². The summed E-state index contributed by atoms with van der Waals surface area (Å²) in [5, 5.41) is 17.4. The van der Waals surface area contributed by atoms with Crippen LogP contribution in [-0.4, -0.2) is 16.9 Å². The average molecular weight is 232 g/mol. The first-order chi connectivity index (χ1) is 5.77. The molecule has 0 aliphatic carbocycles. The van der Waals surface area contributed by atoms with Gasteiger partial charge in [0, 0.05) is 4.47 Å². The van der Waals surface area contributed by atoms with Crippen LogP contribution in [0.5, 0.6) is 0 Å². The fourth-order valence-electron chi connectivity index (χ4n) is 0.916. The molecule has 3 N–H and O–H groups in total. The Morgan fingerprint density at radius 1 is 1.33 bits per heavy atom. The molecule has 12 heavy (non-hydrogen) atoms. The Morgan fingerprint density at radius 3 is 2.33 bits per heavy atom. The monoisotopic (exact) mass is 231 g/mol. The lowest BCUT2D eigenvalue weighted by Gasteiger charge is -2.11. The molecule has 0 saturated heterocycles. The van der Waals surface area contributed by atoms with E-state index in [-0.39, 0.29) is 6.61 Å². The number of hydroxylamine groups is 1. The highest BCUT2D eigenvalue weighted by atomic mass is 79.9. The smallest absolute Gasteiger partial charge is 0.0800 e. The molecule has 0 unspecified atom stereocenters. The van der Waals surface area contributed by atoms with Crippen molar-refractivity contribution in [1.29, 1.82) is 0 Å². The average Bonchev–Trinajstić information content (AvgIpc) is 2.10. The second kappa shape index (κ2) is 4.57. The number of aliphatic hydroxyl groups excluding tert-OH is 1. The van der Waals surface area contributed by atoms with E-state index in [0.717, 1.165) is 10.0 Å². The van der Waals surface area contributed by atoms with Gasteiger partial charge in [0.2, 0.25) is 0 Å². The van der Waals surface area contributed by atoms with Crippen LogP contribution in [0.4, 0.5) is 0 Å². The molecule has 4 heteroatoms. The summed E-state index contributed by atoms with van der Waals surface area (Å²) in [6.45, 7) is -0.127. The molecule has 1 rings (SSSR count). The summed E-state index contributed by atoms with van der Waals surface area (Å²) >= 11 is 3.29. The van der Waals surface area contributed by atoms with Gasteiger partial charge in [0.15, 0.2) is 0 Å². The van der Waals surface area contributed by atoms with Gasteiger partial charge in [-0.1, -0.05) is 28.1 Å². The fraction of sp³-hybridized carbons (Fsp3) is 0.250. The first-order valence-corrected chi connectivity index (χ1v) is 4.33. The third kappa shape index (κ3) is 2.28. The third-order valence-corrected chi connectivity index (χ3v) is 2.14. The van der Waals surface area contributed by atoms with Gasteiger partial charge in [-0.05, 0) is 17.7 Å².